The molecule has 1 heterocycles. The summed E-state index contributed by atoms with van der Waals surface area (Å²) in [6.45, 7) is 3.62. The van der Waals surface area contributed by atoms with Crippen LogP contribution in [0.25, 0.3) is 0 Å². The van der Waals surface area contributed by atoms with Gasteiger partial charge in [0.25, 0.3) is 5.91 Å². The number of nitrogens with one attached hydrogen (secondary N) is 2. The summed E-state index contributed by atoms with van der Waals surface area (Å²) < 4.78 is 0. The molecule has 0 aliphatic carbocycles. The Bertz CT molecular complexity index is 628. The third kappa shape index (κ3) is 5.62. The second-order valence-corrected chi connectivity index (χ2v) is 5.98. The molecule has 0 bridgehead atoms. The molecule has 1 amide bonds. The van der Waals surface area contributed by atoms with Crippen LogP contribution in [0.5, 0.6) is 0 Å². The molecule has 0 saturated heterocycles. The van der Waals surface area contributed by atoms with Gasteiger partial charge < -0.3 is 15.5 Å². The molecule has 6 nitrogen and oxygen atoms in total. The number of amides is 1. The van der Waals surface area contributed by atoms with Crippen LogP contribution < -0.4 is 10.6 Å². The predicted molar refractivity (Wildman–Crippen MR) is 96.0 cm³/mol. The number of carbonyl (C=O) groups is 1. The molecule has 1 atom stereocenters. The first-order valence-electron chi connectivity index (χ1n) is 8.12. The molecule has 0 radical (unpaired) electrons. The van der Waals surface area contributed by atoms with Gasteiger partial charge in [-0.3, -0.25) is 4.79 Å². The van der Waals surface area contributed by atoms with Crippen molar-refractivity contribution in [3.63, 3.8) is 0 Å². The van der Waals surface area contributed by atoms with Crippen molar-refractivity contribution in [2.45, 2.75) is 19.4 Å². The summed E-state index contributed by atoms with van der Waals surface area (Å²) >= 11 is 0. The molecule has 2 aromatic rings. The largest absolute Gasteiger partial charge is 0.362 e. The standard InChI is InChI=1S/C18H25N5O/c1-14(15-8-5-4-6-9-15)22-17-13-20-16(12-21-17)18(24)19-10-7-11-23(2)3/h4-6,8-9,12-14H,7,10-11H2,1-3H3,(H,19,24)(H,21,22). The first-order valence-corrected chi connectivity index (χ1v) is 8.12. The third-order valence-corrected chi connectivity index (χ3v) is 3.62. The Kier molecular flexibility index (Phi) is 6.69. The van der Waals surface area contributed by atoms with Crippen molar-refractivity contribution in [1.29, 1.82) is 0 Å². The van der Waals surface area contributed by atoms with Crippen molar-refractivity contribution in [2.75, 3.05) is 32.5 Å². The summed E-state index contributed by atoms with van der Waals surface area (Å²) in [6, 6.07) is 10.2. The van der Waals surface area contributed by atoms with Gasteiger partial charge in [0.1, 0.15) is 11.5 Å². The predicted octanol–water partition coefficient (Wildman–Crippen LogP) is 2.33. The minimum Gasteiger partial charge on any atom is -0.362 e. The Morgan fingerprint density at radius 2 is 1.92 bits per heavy atom. The van der Waals surface area contributed by atoms with E-state index in [1.54, 1.807) is 6.20 Å². The molecule has 1 aromatic carbocycles. The zero-order valence-electron chi connectivity index (χ0n) is 14.5. The smallest absolute Gasteiger partial charge is 0.271 e. The quantitative estimate of drug-likeness (QED) is 0.728. The zero-order valence-corrected chi connectivity index (χ0v) is 14.5. The van der Waals surface area contributed by atoms with E-state index in [1.165, 1.54) is 11.8 Å². The maximum Gasteiger partial charge on any atom is 0.271 e. The summed E-state index contributed by atoms with van der Waals surface area (Å²) in [5, 5.41) is 6.13. The van der Waals surface area contributed by atoms with Crippen LogP contribution >= 0.6 is 0 Å². The lowest BCUT2D eigenvalue weighted by molar-refractivity contribution is 0.0947. The van der Waals surface area contributed by atoms with Crippen LogP contribution in [0.1, 0.15) is 35.4 Å². The first kappa shape index (κ1) is 17.9. The maximum atomic E-state index is 12.0. The SMILES string of the molecule is CC(Nc1cnc(C(=O)NCCCN(C)C)cn1)c1ccccc1. The van der Waals surface area contributed by atoms with Crippen LogP contribution in [0.15, 0.2) is 42.7 Å². The van der Waals surface area contributed by atoms with Crippen molar-refractivity contribution in [3.05, 3.63) is 54.0 Å². The Morgan fingerprint density at radius 3 is 2.54 bits per heavy atom. The minimum atomic E-state index is -0.191. The zero-order chi connectivity index (χ0) is 17.4. The van der Waals surface area contributed by atoms with Crippen molar-refractivity contribution in [1.82, 2.24) is 20.2 Å². The van der Waals surface area contributed by atoms with E-state index >= 15 is 0 Å². The lowest BCUT2D eigenvalue weighted by atomic mass is 10.1. The fraction of sp³-hybridized carbons (Fsp3) is 0.389. The Labute approximate surface area is 143 Å². The van der Waals surface area contributed by atoms with Gasteiger partial charge in [-0.15, -0.1) is 0 Å². The first-order chi connectivity index (χ1) is 11.6. The molecule has 1 unspecified atom stereocenters. The van der Waals surface area contributed by atoms with Gasteiger partial charge in [-0.1, -0.05) is 30.3 Å². The number of rotatable bonds is 8. The van der Waals surface area contributed by atoms with Crippen LogP contribution in [0.4, 0.5) is 5.82 Å². The van der Waals surface area contributed by atoms with Gasteiger partial charge in [0.2, 0.25) is 0 Å². The summed E-state index contributed by atoms with van der Waals surface area (Å²) in [6.07, 6.45) is 4.00. The summed E-state index contributed by atoms with van der Waals surface area (Å²) in [7, 11) is 4.02. The molecule has 24 heavy (non-hydrogen) atoms. The van der Waals surface area contributed by atoms with E-state index in [0.29, 0.717) is 18.1 Å². The van der Waals surface area contributed by atoms with Crippen molar-refractivity contribution in [3.8, 4) is 0 Å². The van der Waals surface area contributed by atoms with E-state index in [1.807, 2.05) is 32.3 Å². The second kappa shape index (κ2) is 8.98. The van der Waals surface area contributed by atoms with Crippen LogP contribution in [0, 0.1) is 0 Å². The van der Waals surface area contributed by atoms with E-state index in [-0.39, 0.29) is 11.9 Å². The normalized spacial score (nSPS) is 12.0. The lowest BCUT2D eigenvalue weighted by Gasteiger charge is -2.14. The molecule has 128 valence electrons. The summed E-state index contributed by atoms with van der Waals surface area (Å²) in [5.74, 6) is 0.458. The number of benzene rings is 1. The topological polar surface area (TPSA) is 70.2 Å². The van der Waals surface area contributed by atoms with Crippen LogP contribution in [-0.4, -0.2) is 48.0 Å². The highest BCUT2D eigenvalue weighted by Crippen LogP contribution is 2.16. The van der Waals surface area contributed by atoms with E-state index < -0.39 is 0 Å². The highest BCUT2D eigenvalue weighted by Gasteiger charge is 2.09. The van der Waals surface area contributed by atoms with Gasteiger partial charge in [-0.25, -0.2) is 9.97 Å². The van der Waals surface area contributed by atoms with Gasteiger partial charge in [-0.05, 0) is 39.5 Å². The molecule has 0 fully saturated rings. The van der Waals surface area contributed by atoms with Crippen LogP contribution in [0.2, 0.25) is 0 Å². The second-order valence-electron chi connectivity index (χ2n) is 5.98. The molecule has 6 heteroatoms. The fourth-order valence-electron chi connectivity index (χ4n) is 2.25. The van der Waals surface area contributed by atoms with E-state index in [4.69, 9.17) is 0 Å². The summed E-state index contributed by atoms with van der Waals surface area (Å²) in [5.41, 5.74) is 1.50. The van der Waals surface area contributed by atoms with E-state index in [9.17, 15) is 4.79 Å². The molecular formula is C18H25N5O. The number of hydrogen-bond donors (Lipinski definition) is 2. The minimum absolute atomic E-state index is 0.117. The van der Waals surface area contributed by atoms with Crippen LogP contribution in [0.3, 0.4) is 0 Å². The van der Waals surface area contributed by atoms with Gasteiger partial charge in [0.15, 0.2) is 0 Å². The number of nitrogens with zero attached hydrogens (tertiary/aromatic N) is 3. The molecule has 2 N–H and O–H groups in total. The van der Waals surface area contributed by atoms with Crippen molar-refractivity contribution in [2.24, 2.45) is 0 Å². The molecular weight excluding hydrogens is 302 g/mol. The van der Waals surface area contributed by atoms with Gasteiger partial charge in [-0.2, -0.15) is 0 Å². The van der Waals surface area contributed by atoms with Crippen molar-refractivity contribution >= 4 is 11.7 Å². The molecule has 1 aromatic heterocycles. The maximum absolute atomic E-state index is 12.0. The number of anilines is 1. The number of hydrogen-bond acceptors (Lipinski definition) is 5. The third-order valence-electron chi connectivity index (χ3n) is 3.62. The molecule has 2 rings (SSSR count). The van der Waals surface area contributed by atoms with Crippen LogP contribution in [-0.2, 0) is 0 Å². The van der Waals surface area contributed by atoms with Gasteiger partial charge >= 0.3 is 0 Å². The molecule has 0 spiro atoms. The Morgan fingerprint density at radius 1 is 1.17 bits per heavy atom. The molecule has 0 saturated carbocycles. The van der Waals surface area contributed by atoms with E-state index in [2.05, 4.69) is 44.6 Å². The highest BCUT2D eigenvalue weighted by molar-refractivity contribution is 5.91. The van der Waals surface area contributed by atoms with E-state index in [0.717, 1.165) is 13.0 Å². The van der Waals surface area contributed by atoms with Crippen molar-refractivity contribution < 1.29 is 4.79 Å². The average molecular weight is 327 g/mol. The average Bonchev–Trinajstić information content (AvgIpc) is 2.59. The van der Waals surface area contributed by atoms with Gasteiger partial charge in [0.05, 0.1) is 12.4 Å². The fourth-order valence-corrected chi connectivity index (χ4v) is 2.25. The number of carbonyl (C=O) groups excluding carboxylic acids is 1. The monoisotopic (exact) mass is 327 g/mol. The number of aromatic nitrogens is 2. The molecule has 0 aliphatic heterocycles. The lowest BCUT2D eigenvalue weighted by Crippen LogP contribution is -2.28. The molecule has 0 aliphatic rings. The highest BCUT2D eigenvalue weighted by atomic mass is 16.1. The summed E-state index contributed by atoms with van der Waals surface area (Å²) in [4.78, 5) is 22.6. The Hall–Kier alpha value is -2.47. The van der Waals surface area contributed by atoms with Gasteiger partial charge in [0, 0.05) is 12.6 Å². The Balaban J connectivity index is 1.85.